The summed E-state index contributed by atoms with van der Waals surface area (Å²) in [6, 6.07) is 4.44. The van der Waals surface area contributed by atoms with Crippen LogP contribution in [0.5, 0.6) is 5.75 Å². The maximum atomic E-state index is 13.4. The van der Waals surface area contributed by atoms with Crippen LogP contribution in [0.25, 0.3) is 0 Å². The fourth-order valence-electron chi connectivity index (χ4n) is 1.46. The van der Waals surface area contributed by atoms with Crippen molar-refractivity contribution >= 4 is 5.78 Å². The molecule has 2 rings (SSSR count). The minimum Gasteiger partial charge on any atom is -0.496 e. The van der Waals surface area contributed by atoms with E-state index >= 15 is 0 Å². The Bertz CT molecular complexity index is 370. The van der Waals surface area contributed by atoms with Crippen LogP contribution >= 0.6 is 0 Å². The average Bonchev–Trinajstić information content (AvgIpc) is 2.99. The lowest BCUT2D eigenvalue weighted by atomic mass is 10.1. The van der Waals surface area contributed by atoms with Gasteiger partial charge in [-0.2, -0.15) is 0 Å². The molecule has 0 unspecified atom stereocenters. The van der Waals surface area contributed by atoms with Crippen molar-refractivity contribution in [3.05, 3.63) is 29.6 Å². The molecule has 0 spiro atoms. The Morgan fingerprint density at radius 2 is 2.21 bits per heavy atom. The van der Waals surface area contributed by atoms with Crippen molar-refractivity contribution in [1.29, 1.82) is 0 Å². The zero-order chi connectivity index (χ0) is 10.1. The highest BCUT2D eigenvalue weighted by molar-refractivity contribution is 6.01. The molecule has 1 aromatic rings. The number of hydrogen-bond donors (Lipinski definition) is 0. The Kier molecular flexibility index (Phi) is 2.23. The zero-order valence-electron chi connectivity index (χ0n) is 7.92. The molecule has 1 saturated carbocycles. The molecule has 14 heavy (non-hydrogen) atoms. The lowest BCUT2D eigenvalue weighted by Gasteiger charge is -2.07. The molecule has 0 N–H and O–H groups in total. The van der Waals surface area contributed by atoms with Crippen LogP contribution in [0.1, 0.15) is 23.2 Å². The Hall–Kier alpha value is -1.38. The van der Waals surface area contributed by atoms with E-state index in [0.29, 0.717) is 5.75 Å². The second-order valence-corrected chi connectivity index (χ2v) is 3.46. The number of ketones is 1. The summed E-state index contributed by atoms with van der Waals surface area (Å²) in [7, 11) is 1.44. The summed E-state index contributed by atoms with van der Waals surface area (Å²) in [6.07, 6.45) is 1.74. The van der Waals surface area contributed by atoms with Gasteiger partial charge in [0.2, 0.25) is 0 Å². The number of halogens is 1. The molecule has 1 aliphatic rings. The normalized spacial score (nSPS) is 15.3. The van der Waals surface area contributed by atoms with Crippen molar-refractivity contribution in [3.63, 3.8) is 0 Å². The highest BCUT2D eigenvalue weighted by Gasteiger charge is 2.33. The Morgan fingerprint density at radius 3 is 2.79 bits per heavy atom. The van der Waals surface area contributed by atoms with Gasteiger partial charge in [0.1, 0.15) is 11.6 Å². The number of carbonyl (C=O) groups excluding carboxylic acids is 1. The first-order chi connectivity index (χ1) is 6.74. The zero-order valence-corrected chi connectivity index (χ0v) is 7.92. The van der Waals surface area contributed by atoms with Gasteiger partial charge in [0.25, 0.3) is 0 Å². The van der Waals surface area contributed by atoms with E-state index in [1.165, 1.54) is 19.2 Å². The van der Waals surface area contributed by atoms with Crippen LogP contribution in [0.2, 0.25) is 0 Å². The van der Waals surface area contributed by atoms with Gasteiger partial charge in [-0.25, -0.2) is 4.39 Å². The second-order valence-electron chi connectivity index (χ2n) is 3.46. The van der Waals surface area contributed by atoms with E-state index in [1.54, 1.807) is 6.07 Å². The summed E-state index contributed by atoms with van der Waals surface area (Å²) in [4.78, 5) is 11.7. The van der Waals surface area contributed by atoms with Crippen molar-refractivity contribution < 1.29 is 13.9 Å². The molecular formula is C11H11FO2. The van der Waals surface area contributed by atoms with E-state index in [0.717, 1.165) is 12.8 Å². The number of methoxy groups -OCH3 is 1. The molecule has 0 heterocycles. The quantitative estimate of drug-likeness (QED) is 0.691. The van der Waals surface area contributed by atoms with Crippen LogP contribution in [0.3, 0.4) is 0 Å². The molecule has 74 valence electrons. The molecule has 0 aromatic heterocycles. The van der Waals surface area contributed by atoms with Gasteiger partial charge in [0.05, 0.1) is 12.7 Å². The van der Waals surface area contributed by atoms with E-state index in [-0.39, 0.29) is 17.3 Å². The molecule has 1 aromatic carbocycles. The van der Waals surface area contributed by atoms with E-state index < -0.39 is 5.82 Å². The fraction of sp³-hybridized carbons (Fsp3) is 0.364. The molecule has 0 radical (unpaired) electrons. The van der Waals surface area contributed by atoms with Gasteiger partial charge in [-0.1, -0.05) is 6.07 Å². The molecule has 0 saturated heterocycles. The number of carbonyl (C=O) groups is 1. The van der Waals surface area contributed by atoms with Gasteiger partial charge < -0.3 is 4.74 Å². The van der Waals surface area contributed by atoms with Gasteiger partial charge in [0, 0.05) is 5.92 Å². The lowest BCUT2D eigenvalue weighted by Crippen LogP contribution is -2.06. The van der Waals surface area contributed by atoms with E-state index in [9.17, 15) is 9.18 Å². The van der Waals surface area contributed by atoms with Gasteiger partial charge >= 0.3 is 0 Å². The standard InChI is InChI=1S/C11H11FO2/c1-14-9-4-2-3-8(12)10(9)11(13)7-5-6-7/h2-4,7H,5-6H2,1H3. The van der Waals surface area contributed by atoms with Gasteiger partial charge in [-0.3, -0.25) is 4.79 Å². The topological polar surface area (TPSA) is 26.3 Å². The van der Waals surface area contributed by atoms with Crippen LogP contribution in [-0.2, 0) is 0 Å². The number of Topliss-reactive ketones (excluding diaryl/α,β-unsaturated/α-hetero) is 1. The predicted molar refractivity (Wildman–Crippen MR) is 50.0 cm³/mol. The summed E-state index contributed by atoms with van der Waals surface area (Å²) in [5, 5.41) is 0. The first-order valence-electron chi connectivity index (χ1n) is 4.60. The van der Waals surface area contributed by atoms with E-state index in [2.05, 4.69) is 0 Å². The Morgan fingerprint density at radius 1 is 1.50 bits per heavy atom. The van der Waals surface area contributed by atoms with Crippen molar-refractivity contribution in [1.82, 2.24) is 0 Å². The summed E-state index contributed by atoms with van der Waals surface area (Å²) >= 11 is 0. The lowest BCUT2D eigenvalue weighted by molar-refractivity contribution is 0.0960. The van der Waals surface area contributed by atoms with E-state index in [4.69, 9.17) is 4.74 Å². The minimum atomic E-state index is -0.485. The van der Waals surface area contributed by atoms with E-state index in [1.807, 2.05) is 0 Å². The van der Waals surface area contributed by atoms with Crippen LogP contribution in [0.4, 0.5) is 4.39 Å². The molecule has 0 bridgehead atoms. The fourth-order valence-corrected chi connectivity index (χ4v) is 1.46. The SMILES string of the molecule is COc1cccc(F)c1C(=O)C1CC1. The molecule has 2 nitrogen and oxygen atoms in total. The monoisotopic (exact) mass is 194 g/mol. The minimum absolute atomic E-state index is 0.0146. The summed E-state index contributed by atoms with van der Waals surface area (Å²) in [6.45, 7) is 0. The maximum Gasteiger partial charge on any atom is 0.172 e. The van der Waals surface area contributed by atoms with Crippen LogP contribution in [0.15, 0.2) is 18.2 Å². The van der Waals surface area contributed by atoms with Crippen molar-refractivity contribution in [3.8, 4) is 5.75 Å². The third-order valence-electron chi connectivity index (χ3n) is 2.39. The smallest absolute Gasteiger partial charge is 0.172 e. The first kappa shape index (κ1) is 9.19. The summed E-state index contributed by atoms with van der Waals surface area (Å²) in [5.41, 5.74) is 0.109. The van der Waals surface area contributed by atoms with Crippen molar-refractivity contribution in [2.24, 2.45) is 5.92 Å². The third kappa shape index (κ3) is 1.50. The molecule has 0 aliphatic heterocycles. The first-order valence-corrected chi connectivity index (χ1v) is 4.60. The number of rotatable bonds is 3. The highest BCUT2D eigenvalue weighted by atomic mass is 19.1. The third-order valence-corrected chi connectivity index (χ3v) is 2.39. The van der Waals surface area contributed by atoms with Gasteiger partial charge in [-0.15, -0.1) is 0 Å². The largest absolute Gasteiger partial charge is 0.496 e. The van der Waals surface area contributed by atoms with Crippen LogP contribution in [-0.4, -0.2) is 12.9 Å². The molecule has 3 heteroatoms. The number of benzene rings is 1. The summed E-state index contributed by atoms with van der Waals surface area (Å²) in [5.74, 6) is -0.260. The molecule has 0 amide bonds. The van der Waals surface area contributed by atoms with Crippen molar-refractivity contribution in [2.45, 2.75) is 12.8 Å². The Balaban J connectivity index is 2.42. The second kappa shape index (κ2) is 3.40. The van der Waals surface area contributed by atoms with Gasteiger partial charge in [-0.05, 0) is 25.0 Å². The summed E-state index contributed by atoms with van der Waals surface area (Å²) < 4.78 is 18.3. The number of hydrogen-bond acceptors (Lipinski definition) is 2. The van der Waals surface area contributed by atoms with Crippen molar-refractivity contribution in [2.75, 3.05) is 7.11 Å². The average molecular weight is 194 g/mol. The predicted octanol–water partition coefficient (Wildman–Crippen LogP) is 2.43. The molecule has 1 fully saturated rings. The van der Waals surface area contributed by atoms with Crippen LogP contribution in [0, 0.1) is 11.7 Å². The Labute approximate surface area is 81.7 Å². The van der Waals surface area contributed by atoms with Gasteiger partial charge in [0.15, 0.2) is 5.78 Å². The number of ether oxygens (including phenoxy) is 1. The molecule has 1 aliphatic carbocycles. The molecular weight excluding hydrogens is 183 g/mol. The molecule has 0 atom stereocenters. The highest BCUT2D eigenvalue weighted by Crippen LogP contribution is 2.36. The van der Waals surface area contributed by atoms with Crippen LogP contribution < -0.4 is 4.74 Å². The maximum absolute atomic E-state index is 13.4.